The number of likely N-dealkylation sites (tertiary alicyclic amines) is 1. The standard InChI is InChI=1S/C11H12N2O4/c14-11(12-7-1-2-8-12)17-10-5-3-9(4-6-10)13(15)16/h3-6H,1-2,7-8H2. The van der Waals surface area contributed by atoms with Crippen LogP contribution in [0.3, 0.4) is 0 Å². The van der Waals surface area contributed by atoms with E-state index in [1.165, 1.54) is 24.3 Å². The van der Waals surface area contributed by atoms with Crippen molar-refractivity contribution in [1.82, 2.24) is 4.90 Å². The highest BCUT2D eigenvalue weighted by atomic mass is 16.6. The van der Waals surface area contributed by atoms with Gasteiger partial charge in [-0.2, -0.15) is 0 Å². The van der Waals surface area contributed by atoms with Crippen molar-refractivity contribution in [2.45, 2.75) is 12.8 Å². The molecule has 6 heteroatoms. The Bertz CT molecular complexity index is 424. The lowest BCUT2D eigenvalue weighted by Crippen LogP contribution is -2.30. The van der Waals surface area contributed by atoms with Crippen molar-refractivity contribution < 1.29 is 14.5 Å². The summed E-state index contributed by atoms with van der Waals surface area (Å²) in [4.78, 5) is 23.2. The fourth-order valence-electron chi connectivity index (χ4n) is 1.70. The molecule has 1 aromatic rings. The zero-order chi connectivity index (χ0) is 12.3. The van der Waals surface area contributed by atoms with Gasteiger partial charge < -0.3 is 9.64 Å². The predicted molar refractivity (Wildman–Crippen MR) is 59.9 cm³/mol. The van der Waals surface area contributed by atoms with Crippen molar-refractivity contribution in [3.63, 3.8) is 0 Å². The SMILES string of the molecule is O=C(Oc1ccc([N+](=O)[O-])cc1)N1CCCC1. The zero-order valence-electron chi connectivity index (χ0n) is 9.17. The third kappa shape index (κ3) is 2.72. The summed E-state index contributed by atoms with van der Waals surface area (Å²) in [7, 11) is 0. The molecule has 1 aliphatic rings. The summed E-state index contributed by atoms with van der Waals surface area (Å²) in [5.41, 5.74) is -0.0222. The smallest absolute Gasteiger partial charge is 0.410 e. The number of amides is 1. The van der Waals surface area contributed by atoms with E-state index in [1.807, 2.05) is 0 Å². The van der Waals surface area contributed by atoms with Crippen LogP contribution in [0.5, 0.6) is 5.75 Å². The van der Waals surface area contributed by atoms with Crippen molar-refractivity contribution in [3.05, 3.63) is 34.4 Å². The molecule has 0 saturated carbocycles. The van der Waals surface area contributed by atoms with Crippen LogP contribution in [0.25, 0.3) is 0 Å². The van der Waals surface area contributed by atoms with E-state index in [0.717, 1.165) is 12.8 Å². The van der Waals surface area contributed by atoms with E-state index in [0.29, 0.717) is 18.8 Å². The Kier molecular flexibility index (Phi) is 3.22. The van der Waals surface area contributed by atoms with E-state index in [9.17, 15) is 14.9 Å². The number of rotatable bonds is 2. The van der Waals surface area contributed by atoms with Gasteiger partial charge in [-0.25, -0.2) is 4.79 Å². The van der Waals surface area contributed by atoms with Gasteiger partial charge in [0.15, 0.2) is 0 Å². The summed E-state index contributed by atoms with van der Waals surface area (Å²) >= 11 is 0. The topological polar surface area (TPSA) is 72.7 Å². The molecular weight excluding hydrogens is 224 g/mol. The summed E-state index contributed by atoms with van der Waals surface area (Å²) in [6.45, 7) is 1.43. The number of benzene rings is 1. The average molecular weight is 236 g/mol. The third-order valence-corrected chi connectivity index (χ3v) is 2.62. The van der Waals surface area contributed by atoms with Crippen LogP contribution in [0.15, 0.2) is 24.3 Å². The fraction of sp³-hybridized carbons (Fsp3) is 0.364. The molecule has 1 saturated heterocycles. The molecule has 17 heavy (non-hydrogen) atoms. The van der Waals surface area contributed by atoms with Crippen molar-refractivity contribution in [2.24, 2.45) is 0 Å². The van der Waals surface area contributed by atoms with Crippen LogP contribution in [-0.2, 0) is 0 Å². The van der Waals surface area contributed by atoms with Gasteiger partial charge in [0.05, 0.1) is 4.92 Å². The van der Waals surface area contributed by atoms with Gasteiger partial charge in [0.25, 0.3) is 5.69 Å². The highest BCUT2D eigenvalue weighted by Crippen LogP contribution is 2.19. The minimum absolute atomic E-state index is 0.0222. The van der Waals surface area contributed by atoms with Gasteiger partial charge >= 0.3 is 6.09 Å². The number of ether oxygens (including phenoxy) is 1. The molecule has 2 rings (SSSR count). The molecule has 0 N–H and O–H groups in total. The Morgan fingerprint density at radius 3 is 2.35 bits per heavy atom. The van der Waals surface area contributed by atoms with Gasteiger partial charge in [0, 0.05) is 25.2 Å². The Balaban J connectivity index is 1.98. The van der Waals surface area contributed by atoms with Crippen LogP contribution >= 0.6 is 0 Å². The second-order valence-corrected chi connectivity index (χ2v) is 3.81. The number of hydrogen-bond donors (Lipinski definition) is 0. The number of non-ortho nitro benzene ring substituents is 1. The molecule has 0 atom stereocenters. The molecule has 0 aliphatic carbocycles. The molecule has 1 aliphatic heterocycles. The molecule has 90 valence electrons. The van der Waals surface area contributed by atoms with E-state index >= 15 is 0 Å². The molecule has 0 aromatic heterocycles. The first-order valence-electron chi connectivity index (χ1n) is 5.38. The maximum absolute atomic E-state index is 11.6. The highest BCUT2D eigenvalue weighted by Gasteiger charge is 2.19. The van der Waals surface area contributed by atoms with Crippen LogP contribution in [0, 0.1) is 10.1 Å². The Morgan fingerprint density at radius 2 is 1.82 bits per heavy atom. The van der Waals surface area contributed by atoms with Crippen molar-refractivity contribution in [1.29, 1.82) is 0 Å². The van der Waals surface area contributed by atoms with Crippen LogP contribution in [0.2, 0.25) is 0 Å². The molecule has 1 heterocycles. The molecule has 1 aromatic carbocycles. The molecule has 0 radical (unpaired) electrons. The van der Waals surface area contributed by atoms with Crippen LogP contribution in [-0.4, -0.2) is 29.0 Å². The lowest BCUT2D eigenvalue weighted by atomic mass is 10.3. The third-order valence-electron chi connectivity index (χ3n) is 2.62. The lowest BCUT2D eigenvalue weighted by Gasteiger charge is -2.14. The van der Waals surface area contributed by atoms with Gasteiger partial charge in [0.1, 0.15) is 5.75 Å². The lowest BCUT2D eigenvalue weighted by molar-refractivity contribution is -0.384. The van der Waals surface area contributed by atoms with E-state index in [-0.39, 0.29) is 5.69 Å². The fourth-order valence-corrected chi connectivity index (χ4v) is 1.70. The zero-order valence-corrected chi connectivity index (χ0v) is 9.17. The van der Waals surface area contributed by atoms with Crippen LogP contribution in [0.1, 0.15) is 12.8 Å². The average Bonchev–Trinajstić information content (AvgIpc) is 2.83. The summed E-state index contributed by atoms with van der Waals surface area (Å²) in [5, 5.41) is 10.4. The second kappa shape index (κ2) is 4.82. The van der Waals surface area contributed by atoms with Gasteiger partial charge in [-0.1, -0.05) is 0 Å². The van der Waals surface area contributed by atoms with Crippen LogP contribution < -0.4 is 4.74 Å². The van der Waals surface area contributed by atoms with E-state index in [2.05, 4.69) is 0 Å². The minimum Gasteiger partial charge on any atom is -0.410 e. The van der Waals surface area contributed by atoms with Crippen molar-refractivity contribution in [3.8, 4) is 5.75 Å². The molecule has 0 bridgehead atoms. The molecule has 6 nitrogen and oxygen atoms in total. The summed E-state index contributed by atoms with van der Waals surface area (Å²) < 4.78 is 5.10. The van der Waals surface area contributed by atoms with Gasteiger partial charge in [-0.15, -0.1) is 0 Å². The quantitative estimate of drug-likeness (QED) is 0.582. The summed E-state index contributed by atoms with van der Waals surface area (Å²) in [5.74, 6) is 0.326. The molecule has 0 spiro atoms. The first kappa shape index (κ1) is 11.4. The van der Waals surface area contributed by atoms with E-state index < -0.39 is 11.0 Å². The van der Waals surface area contributed by atoms with Crippen molar-refractivity contribution >= 4 is 11.8 Å². The number of carbonyl (C=O) groups is 1. The van der Waals surface area contributed by atoms with Gasteiger partial charge in [0.2, 0.25) is 0 Å². The van der Waals surface area contributed by atoms with E-state index in [1.54, 1.807) is 4.90 Å². The maximum Gasteiger partial charge on any atom is 0.415 e. The summed E-state index contributed by atoms with van der Waals surface area (Å²) in [6, 6.07) is 5.47. The molecule has 1 fully saturated rings. The Labute approximate surface area is 97.9 Å². The van der Waals surface area contributed by atoms with Crippen molar-refractivity contribution in [2.75, 3.05) is 13.1 Å². The second-order valence-electron chi connectivity index (χ2n) is 3.81. The predicted octanol–water partition coefficient (Wildman–Crippen LogP) is 2.19. The maximum atomic E-state index is 11.6. The Hall–Kier alpha value is -2.11. The highest BCUT2D eigenvalue weighted by molar-refractivity contribution is 5.71. The van der Waals surface area contributed by atoms with Gasteiger partial charge in [-0.3, -0.25) is 10.1 Å². The van der Waals surface area contributed by atoms with Gasteiger partial charge in [-0.05, 0) is 25.0 Å². The first-order valence-corrected chi connectivity index (χ1v) is 5.38. The summed E-state index contributed by atoms with van der Waals surface area (Å²) in [6.07, 6.45) is 1.60. The number of hydrogen-bond acceptors (Lipinski definition) is 4. The largest absolute Gasteiger partial charge is 0.415 e. The van der Waals surface area contributed by atoms with Crippen LogP contribution in [0.4, 0.5) is 10.5 Å². The normalized spacial score (nSPS) is 14.7. The number of nitro benzene ring substituents is 1. The molecule has 1 amide bonds. The number of carbonyl (C=O) groups excluding carboxylic acids is 1. The molecular formula is C11H12N2O4. The number of nitro groups is 1. The first-order chi connectivity index (χ1) is 8.16. The molecule has 0 unspecified atom stereocenters. The van der Waals surface area contributed by atoms with E-state index in [4.69, 9.17) is 4.74 Å². The number of nitrogens with zero attached hydrogens (tertiary/aromatic N) is 2. The monoisotopic (exact) mass is 236 g/mol. The minimum atomic E-state index is -0.494. The Morgan fingerprint density at radius 1 is 1.24 bits per heavy atom.